The van der Waals surface area contributed by atoms with Crippen molar-refractivity contribution >= 4 is 23.1 Å². The van der Waals surface area contributed by atoms with E-state index in [1.165, 1.54) is 0 Å². The van der Waals surface area contributed by atoms with Crippen LogP contribution in [0.1, 0.15) is 10.4 Å². The number of fused-ring (bicyclic) bond motifs is 1. The highest BCUT2D eigenvalue weighted by molar-refractivity contribution is 6.30. The molecule has 0 saturated carbocycles. The molecule has 0 saturated heterocycles. The zero-order valence-corrected chi connectivity index (χ0v) is 10.9. The van der Waals surface area contributed by atoms with Crippen LogP contribution in [-0.4, -0.2) is 18.4 Å². The highest BCUT2D eigenvalue weighted by Crippen LogP contribution is 2.29. The Bertz CT molecular complexity index is 610. The Morgan fingerprint density at radius 2 is 1.89 bits per heavy atom. The second kappa shape index (κ2) is 4.94. The molecule has 1 aliphatic heterocycles. The van der Waals surface area contributed by atoms with E-state index in [1.807, 2.05) is 24.3 Å². The van der Waals surface area contributed by atoms with Crippen molar-refractivity contribution in [3.63, 3.8) is 0 Å². The average molecular weight is 274 g/mol. The molecule has 3 nitrogen and oxygen atoms in total. The summed E-state index contributed by atoms with van der Waals surface area (Å²) >= 11 is 5.81. The summed E-state index contributed by atoms with van der Waals surface area (Å²) in [4.78, 5) is 12.3. The molecule has 0 bridgehead atoms. The fourth-order valence-electron chi connectivity index (χ4n) is 2.06. The second-order valence-corrected chi connectivity index (χ2v) is 4.79. The first-order valence-corrected chi connectivity index (χ1v) is 6.41. The third-order valence-electron chi connectivity index (χ3n) is 3.06. The lowest BCUT2D eigenvalue weighted by Crippen LogP contribution is -2.37. The number of ketones is 1. The minimum atomic E-state index is -0.504. The number of ether oxygens (including phenoxy) is 1. The number of carbonyl (C=O) groups is 1. The van der Waals surface area contributed by atoms with Crippen LogP contribution in [-0.2, 0) is 0 Å². The van der Waals surface area contributed by atoms with Gasteiger partial charge in [-0.15, -0.1) is 0 Å². The van der Waals surface area contributed by atoms with Crippen LogP contribution in [0.2, 0.25) is 5.02 Å². The molecule has 1 atom stereocenters. The van der Waals surface area contributed by atoms with E-state index < -0.39 is 6.10 Å². The standard InChI is InChI=1S/C15H12ClNO2/c16-11-7-5-10(6-8-11)15(18)14-9-17-12-3-1-2-4-13(12)19-14/h1-8,14,17H,9H2. The number of rotatable bonds is 2. The zero-order chi connectivity index (χ0) is 13.2. The fraction of sp³-hybridized carbons (Fsp3) is 0.133. The van der Waals surface area contributed by atoms with E-state index in [0.29, 0.717) is 22.9 Å². The van der Waals surface area contributed by atoms with Crippen molar-refractivity contribution in [3.8, 4) is 5.75 Å². The molecule has 1 aliphatic rings. The smallest absolute Gasteiger partial charge is 0.205 e. The van der Waals surface area contributed by atoms with E-state index in [-0.39, 0.29) is 5.78 Å². The molecule has 0 aromatic heterocycles. The Labute approximate surface area is 116 Å². The molecule has 0 spiro atoms. The highest BCUT2D eigenvalue weighted by atomic mass is 35.5. The summed E-state index contributed by atoms with van der Waals surface area (Å²) in [7, 11) is 0. The monoisotopic (exact) mass is 273 g/mol. The van der Waals surface area contributed by atoms with Gasteiger partial charge in [0.1, 0.15) is 5.75 Å². The van der Waals surface area contributed by atoms with Crippen molar-refractivity contribution in [1.29, 1.82) is 0 Å². The Kier molecular flexibility index (Phi) is 3.13. The van der Waals surface area contributed by atoms with Gasteiger partial charge in [0.25, 0.3) is 0 Å². The molecule has 0 fully saturated rings. The molecule has 19 heavy (non-hydrogen) atoms. The molecule has 3 rings (SSSR count). The topological polar surface area (TPSA) is 38.3 Å². The molecule has 0 aliphatic carbocycles. The van der Waals surface area contributed by atoms with E-state index in [0.717, 1.165) is 5.69 Å². The molecule has 2 aromatic carbocycles. The Balaban J connectivity index is 1.81. The van der Waals surface area contributed by atoms with Gasteiger partial charge >= 0.3 is 0 Å². The second-order valence-electron chi connectivity index (χ2n) is 4.35. The van der Waals surface area contributed by atoms with Gasteiger partial charge < -0.3 is 10.1 Å². The summed E-state index contributed by atoms with van der Waals surface area (Å²) in [6.45, 7) is 0.471. The molecule has 1 heterocycles. The van der Waals surface area contributed by atoms with Crippen molar-refractivity contribution in [3.05, 3.63) is 59.1 Å². The molecule has 2 aromatic rings. The van der Waals surface area contributed by atoms with E-state index in [2.05, 4.69) is 5.32 Å². The van der Waals surface area contributed by atoms with E-state index in [4.69, 9.17) is 16.3 Å². The number of nitrogens with one attached hydrogen (secondary N) is 1. The largest absolute Gasteiger partial charge is 0.478 e. The molecule has 0 amide bonds. The Hall–Kier alpha value is -2.00. The number of hydrogen-bond acceptors (Lipinski definition) is 3. The van der Waals surface area contributed by atoms with Crippen LogP contribution in [0.4, 0.5) is 5.69 Å². The predicted octanol–water partition coefficient (Wildman–Crippen LogP) is 3.40. The minimum Gasteiger partial charge on any atom is -0.478 e. The zero-order valence-electron chi connectivity index (χ0n) is 10.1. The number of hydrogen-bond donors (Lipinski definition) is 1. The van der Waals surface area contributed by atoms with Crippen molar-refractivity contribution in [2.45, 2.75) is 6.10 Å². The van der Waals surface area contributed by atoms with Crippen LogP contribution in [0.15, 0.2) is 48.5 Å². The molecular weight excluding hydrogens is 262 g/mol. The van der Waals surface area contributed by atoms with Crippen LogP contribution >= 0.6 is 11.6 Å². The average Bonchev–Trinajstić information content (AvgIpc) is 2.47. The maximum atomic E-state index is 12.3. The molecule has 96 valence electrons. The minimum absolute atomic E-state index is 0.0429. The summed E-state index contributed by atoms with van der Waals surface area (Å²) in [5, 5.41) is 3.82. The van der Waals surface area contributed by atoms with Gasteiger partial charge in [-0.2, -0.15) is 0 Å². The third kappa shape index (κ3) is 2.42. The normalized spacial score (nSPS) is 17.0. The van der Waals surface area contributed by atoms with Crippen LogP contribution in [0.25, 0.3) is 0 Å². The van der Waals surface area contributed by atoms with Gasteiger partial charge in [0, 0.05) is 10.6 Å². The quantitative estimate of drug-likeness (QED) is 0.853. The molecule has 1 N–H and O–H groups in total. The first-order valence-electron chi connectivity index (χ1n) is 6.03. The SMILES string of the molecule is O=C(c1ccc(Cl)cc1)C1CNc2ccccc2O1. The number of para-hydroxylation sites is 2. The summed E-state index contributed by atoms with van der Waals surface area (Å²) in [5.41, 5.74) is 1.53. The van der Waals surface area contributed by atoms with Crippen molar-refractivity contribution in [1.82, 2.24) is 0 Å². The maximum absolute atomic E-state index is 12.3. The third-order valence-corrected chi connectivity index (χ3v) is 3.31. The number of Topliss-reactive ketones (excluding diaryl/α,β-unsaturated/α-hetero) is 1. The summed E-state index contributed by atoms with van der Waals surface area (Å²) in [5.74, 6) is 0.666. The lowest BCUT2D eigenvalue weighted by Gasteiger charge is -2.26. The van der Waals surface area contributed by atoms with Crippen molar-refractivity contribution in [2.24, 2.45) is 0 Å². The van der Waals surface area contributed by atoms with Gasteiger partial charge in [0.2, 0.25) is 5.78 Å². The van der Waals surface area contributed by atoms with E-state index >= 15 is 0 Å². The van der Waals surface area contributed by atoms with Gasteiger partial charge in [0.05, 0.1) is 12.2 Å². The van der Waals surface area contributed by atoms with E-state index in [1.54, 1.807) is 24.3 Å². The van der Waals surface area contributed by atoms with Crippen LogP contribution in [0.3, 0.4) is 0 Å². The number of anilines is 1. The Morgan fingerprint density at radius 1 is 1.16 bits per heavy atom. The van der Waals surface area contributed by atoms with Crippen LogP contribution in [0, 0.1) is 0 Å². The van der Waals surface area contributed by atoms with Crippen LogP contribution < -0.4 is 10.1 Å². The van der Waals surface area contributed by atoms with Gasteiger partial charge in [0.15, 0.2) is 6.10 Å². The lowest BCUT2D eigenvalue weighted by molar-refractivity contribution is 0.0801. The fourth-order valence-corrected chi connectivity index (χ4v) is 2.19. The summed E-state index contributed by atoms with van der Waals surface area (Å²) < 4.78 is 5.73. The lowest BCUT2D eigenvalue weighted by atomic mass is 10.0. The van der Waals surface area contributed by atoms with E-state index in [9.17, 15) is 4.79 Å². The molecule has 0 radical (unpaired) electrons. The molecular formula is C15H12ClNO2. The number of benzene rings is 2. The summed E-state index contributed by atoms with van der Waals surface area (Å²) in [6.07, 6.45) is -0.504. The van der Waals surface area contributed by atoms with Crippen LogP contribution in [0.5, 0.6) is 5.75 Å². The maximum Gasteiger partial charge on any atom is 0.205 e. The van der Waals surface area contributed by atoms with Gasteiger partial charge in [-0.05, 0) is 36.4 Å². The number of carbonyl (C=O) groups excluding carboxylic acids is 1. The van der Waals surface area contributed by atoms with Crippen molar-refractivity contribution in [2.75, 3.05) is 11.9 Å². The van der Waals surface area contributed by atoms with Gasteiger partial charge in [-0.1, -0.05) is 23.7 Å². The Morgan fingerprint density at radius 3 is 2.68 bits per heavy atom. The van der Waals surface area contributed by atoms with Gasteiger partial charge in [-0.3, -0.25) is 4.79 Å². The molecule has 1 unspecified atom stereocenters. The van der Waals surface area contributed by atoms with Gasteiger partial charge in [-0.25, -0.2) is 0 Å². The number of halogens is 1. The predicted molar refractivity (Wildman–Crippen MR) is 75.1 cm³/mol. The highest BCUT2D eigenvalue weighted by Gasteiger charge is 2.26. The molecule has 4 heteroatoms. The first kappa shape index (κ1) is 12.1. The first-order chi connectivity index (χ1) is 9.24. The van der Waals surface area contributed by atoms with Crippen molar-refractivity contribution < 1.29 is 9.53 Å². The summed E-state index contributed by atoms with van der Waals surface area (Å²) in [6, 6.07) is 14.4.